The second-order valence-electron chi connectivity index (χ2n) is 7.32. The molecule has 1 atom stereocenters. The van der Waals surface area contributed by atoms with Crippen molar-refractivity contribution in [2.75, 3.05) is 45.2 Å². The highest BCUT2D eigenvalue weighted by Crippen LogP contribution is 2.44. The quantitative estimate of drug-likeness (QED) is 0.850. The van der Waals surface area contributed by atoms with E-state index in [-0.39, 0.29) is 0 Å². The molecule has 1 aromatic rings. The highest BCUT2D eigenvalue weighted by atomic mass is 32.2. The monoisotopic (exact) mass is 332 g/mol. The number of nitrogens with zero attached hydrogens (tertiary/aromatic N) is 2. The molecule has 0 aliphatic carbocycles. The molecule has 0 aromatic heterocycles. The first-order valence-corrected chi connectivity index (χ1v) is 10.0. The Kier molecular flexibility index (Phi) is 5.32. The second-order valence-corrected chi connectivity index (χ2v) is 8.19. The molecular formula is C19H28N2OS. The van der Waals surface area contributed by atoms with Crippen LogP contribution in [0.2, 0.25) is 0 Å². The number of likely N-dealkylation sites (tertiary alicyclic amines) is 2. The predicted octanol–water partition coefficient (Wildman–Crippen LogP) is 3.08. The maximum atomic E-state index is 12.1. The third-order valence-corrected chi connectivity index (χ3v) is 6.07. The lowest BCUT2D eigenvalue weighted by Gasteiger charge is -2.49. The Morgan fingerprint density at radius 3 is 2.61 bits per heavy atom. The summed E-state index contributed by atoms with van der Waals surface area (Å²) in [5.41, 5.74) is 1.86. The van der Waals surface area contributed by atoms with Gasteiger partial charge in [0.25, 0.3) is 0 Å². The number of benzene rings is 1. The van der Waals surface area contributed by atoms with Crippen LogP contribution in [0.15, 0.2) is 30.3 Å². The molecule has 0 radical (unpaired) electrons. The van der Waals surface area contributed by atoms with E-state index in [0.29, 0.717) is 23.0 Å². The summed E-state index contributed by atoms with van der Waals surface area (Å²) in [6.07, 6.45) is 5.58. The van der Waals surface area contributed by atoms with Crippen LogP contribution in [0.4, 0.5) is 0 Å². The van der Waals surface area contributed by atoms with Crippen LogP contribution in [-0.2, 0) is 4.79 Å². The van der Waals surface area contributed by atoms with Gasteiger partial charge in [0.05, 0.1) is 5.75 Å². The van der Waals surface area contributed by atoms with Crippen molar-refractivity contribution in [3.63, 3.8) is 0 Å². The first-order chi connectivity index (χ1) is 11.1. The molecule has 0 saturated carbocycles. The molecule has 126 valence electrons. The molecule has 2 fully saturated rings. The Morgan fingerprint density at radius 1 is 1.26 bits per heavy atom. The van der Waals surface area contributed by atoms with E-state index in [4.69, 9.17) is 0 Å². The van der Waals surface area contributed by atoms with Crippen molar-refractivity contribution < 1.29 is 4.79 Å². The summed E-state index contributed by atoms with van der Waals surface area (Å²) in [6.45, 7) is 4.21. The molecule has 3 rings (SSSR count). The number of amides is 1. The number of hydrogen-bond acceptors (Lipinski definition) is 3. The maximum Gasteiger partial charge on any atom is 0.232 e. The lowest BCUT2D eigenvalue weighted by atomic mass is 9.68. The fourth-order valence-corrected chi connectivity index (χ4v) is 4.85. The van der Waals surface area contributed by atoms with Crippen LogP contribution in [0, 0.1) is 5.41 Å². The van der Waals surface area contributed by atoms with E-state index in [1.807, 2.05) is 6.26 Å². The molecule has 1 amide bonds. The average Bonchev–Trinajstić information content (AvgIpc) is 2.56. The van der Waals surface area contributed by atoms with Crippen molar-refractivity contribution in [3.05, 3.63) is 35.9 Å². The van der Waals surface area contributed by atoms with E-state index in [1.54, 1.807) is 11.8 Å². The molecule has 2 heterocycles. The summed E-state index contributed by atoms with van der Waals surface area (Å²) < 4.78 is 0. The van der Waals surface area contributed by atoms with Crippen molar-refractivity contribution in [3.8, 4) is 0 Å². The number of hydrogen-bond donors (Lipinski definition) is 0. The Balaban J connectivity index is 1.67. The third kappa shape index (κ3) is 3.92. The maximum absolute atomic E-state index is 12.1. The standard InChI is InChI=1S/C19H28N2OS/c1-20-13-17(16-6-4-3-5-7-16)12-19(15-20)8-10-21(11-9-19)18(22)14-23-2/h3-7,17H,8-15H2,1-2H3. The SMILES string of the molecule is CSCC(=O)N1CCC2(CC1)CC(c1ccccc1)CN(C)C2. The normalized spacial score (nSPS) is 24.8. The van der Waals surface area contributed by atoms with Gasteiger partial charge in [0.2, 0.25) is 5.91 Å². The summed E-state index contributed by atoms with van der Waals surface area (Å²) in [5, 5.41) is 0. The number of likely N-dealkylation sites (N-methyl/N-ethyl adjacent to an activating group) is 1. The largest absolute Gasteiger partial charge is 0.342 e. The zero-order valence-electron chi connectivity index (χ0n) is 14.3. The van der Waals surface area contributed by atoms with Gasteiger partial charge in [-0.3, -0.25) is 4.79 Å². The zero-order valence-corrected chi connectivity index (χ0v) is 15.1. The molecule has 2 aliphatic heterocycles. The van der Waals surface area contributed by atoms with Crippen molar-refractivity contribution in [1.82, 2.24) is 9.80 Å². The number of piperidine rings is 2. The fraction of sp³-hybridized carbons (Fsp3) is 0.632. The lowest BCUT2D eigenvalue weighted by Crippen LogP contribution is -2.51. The van der Waals surface area contributed by atoms with E-state index in [9.17, 15) is 4.79 Å². The average molecular weight is 333 g/mol. The van der Waals surface area contributed by atoms with Gasteiger partial charge in [0.1, 0.15) is 0 Å². The van der Waals surface area contributed by atoms with Gasteiger partial charge in [-0.25, -0.2) is 0 Å². The molecule has 1 unspecified atom stereocenters. The van der Waals surface area contributed by atoms with Crippen LogP contribution in [-0.4, -0.2) is 60.9 Å². The van der Waals surface area contributed by atoms with Crippen LogP contribution in [0.25, 0.3) is 0 Å². The third-order valence-electron chi connectivity index (χ3n) is 5.53. The number of rotatable bonds is 3. The predicted molar refractivity (Wildman–Crippen MR) is 97.9 cm³/mol. The highest BCUT2D eigenvalue weighted by molar-refractivity contribution is 7.99. The van der Waals surface area contributed by atoms with Crippen LogP contribution in [0.3, 0.4) is 0 Å². The van der Waals surface area contributed by atoms with Crippen molar-refractivity contribution >= 4 is 17.7 Å². The van der Waals surface area contributed by atoms with E-state index in [1.165, 1.54) is 18.5 Å². The Bertz CT molecular complexity index is 525. The second kappa shape index (κ2) is 7.27. The minimum atomic E-state index is 0.316. The first kappa shape index (κ1) is 16.8. The molecule has 0 bridgehead atoms. The summed E-state index contributed by atoms with van der Waals surface area (Å²) in [7, 11) is 2.25. The molecule has 2 saturated heterocycles. The summed E-state index contributed by atoms with van der Waals surface area (Å²) in [4.78, 5) is 16.7. The van der Waals surface area contributed by atoms with Crippen LogP contribution < -0.4 is 0 Å². The van der Waals surface area contributed by atoms with Gasteiger partial charge < -0.3 is 9.80 Å². The van der Waals surface area contributed by atoms with Gasteiger partial charge in [-0.1, -0.05) is 30.3 Å². The van der Waals surface area contributed by atoms with E-state index < -0.39 is 0 Å². The molecule has 0 N–H and O–H groups in total. The molecular weight excluding hydrogens is 304 g/mol. The Hall–Kier alpha value is -1.00. The fourth-order valence-electron chi connectivity index (χ4n) is 4.42. The summed E-state index contributed by atoms with van der Waals surface area (Å²) >= 11 is 1.63. The van der Waals surface area contributed by atoms with Crippen LogP contribution in [0.5, 0.6) is 0 Å². The number of carbonyl (C=O) groups is 1. The van der Waals surface area contributed by atoms with Crippen molar-refractivity contribution in [1.29, 1.82) is 0 Å². The van der Waals surface area contributed by atoms with Gasteiger partial charge in [-0.15, -0.1) is 0 Å². The molecule has 4 heteroatoms. The molecule has 1 aromatic carbocycles. The topological polar surface area (TPSA) is 23.6 Å². The first-order valence-electron chi connectivity index (χ1n) is 8.62. The number of thioether (sulfide) groups is 1. The minimum absolute atomic E-state index is 0.316. The smallest absolute Gasteiger partial charge is 0.232 e. The zero-order chi connectivity index (χ0) is 16.3. The van der Waals surface area contributed by atoms with Crippen molar-refractivity contribution in [2.45, 2.75) is 25.2 Å². The van der Waals surface area contributed by atoms with Crippen LogP contribution in [0.1, 0.15) is 30.7 Å². The molecule has 23 heavy (non-hydrogen) atoms. The Morgan fingerprint density at radius 2 is 1.96 bits per heavy atom. The summed E-state index contributed by atoms with van der Waals surface area (Å²) in [5.74, 6) is 1.57. The van der Waals surface area contributed by atoms with Gasteiger partial charge in [-0.05, 0) is 49.5 Å². The van der Waals surface area contributed by atoms with Crippen LogP contribution >= 0.6 is 11.8 Å². The number of carbonyl (C=O) groups excluding carboxylic acids is 1. The van der Waals surface area contributed by atoms with Gasteiger partial charge >= 0.3 is 0 Å². The lowest BCUT2D eigenvalue weighted by molar-refractivity contribution is -0.131. The Labute approximate surface area is 144 Å². The van der Waals surface area contributed by atoms with E-state index in [0.717, 1.165) is 32.5 Å². The van der Waals surface area contributed by atoms with E-state index in [2.05, 4.69) is 47.2 Å². The van der Waals surface area contributed by atoms with Crippen molar-refractivity contribution in [2.24, 2.45) is 5.41 Å². The van der Waals surface area contributed by atoms with E-state index >= 15 is 0 Å². The highest BCUT2D eigenvalue weighted by Gasteiger charge is 2.41. The molecule has 2 aliphatic rings. The molecule has 1 spiro atoms. The van der Waals surface area contributed by atoms with Gasteiger partial charge in [0.15, 0.2) is 0 Å². The van der Waals surface area contributed by atoms with Gasteiger partial charge in [0, 0.05) is 26.2 Å². The summed E-state index contributed by atoms with van der Waals surface area (Å²) in [6, 6.07) is 10.9. The molecule has 3 nitrogen and oxygen atoms in total. The van der Waals surface area contributed by atoms with Gasteiger partial charge in [-0.2, -0.15) is 11.8 Å². The minimum Gasteiger partial charge on any atom is -0.342 e.